The fraction of sp³-hybridized carbons (Fsp3) is 0.625. The Balaban J connectivity index is 1.45. The van der Waals surface area contributed by atoms with E-state index in [1.165, 1.54) is 12.8 Å². The molecule has 1 aliphatic carbocycles. The number of morpholine rings is 1. The van der Waals surface area contributed by atoms with Crippen LogP contribution in [-0.2, 0) is 24.9 Å². The van der Waals surface area contributed by atoms with E-state index in [1.807, 2.05) is 35.5 Å². The maximum Gasteiger partial charge on any atom is 0.122 e. The topological polar surface area (TPSA) is 48.1 Å². The summed E-state index contributed by atoms with van der Waals surface area (Å²) in [6, 6.07) is 2.51. The van der Waals surface area contributed by atoms with Crippen LogP contribution in [0.25, 0.3) is 0 Å². The number of ether oxygens (including phenoxy) is 1. The number of rotatable bonds is 4. The fourth-order valence-electron chi connectivity index (χ4n) is 3.91. The lowest BCUT2D eigenvalue weighted by molar-refractivity contribution is -0.0798. The van der Waals surface area contributed by atoms with Crippen LogP contribution in [0, 0.1) is 5.92 Å². The van der Waals surface area contributed by atoms with Crippen molar-refractivity contribution < 1.29 is 4.74 Å². The van der Waals surface area contributed by atoms with Crippen LogP contribution in [0.3, 0.4) is 0 Å². The molecule has 22 heavy (non-hydrogen) atoms. The van der Waals surface area contributed by atoms with Gasteiger partial charge in [0.2, 0.25) is 0 Å². The van der Waals surface area contributed by atoms with Gasteiger partial charge in [0.15, 0.2) is 0 Å². The fourth-order valence-corrected chi connectivity index (χ4v) is 3.91. The lowest BCUT2D eigenvalue weighted by atomic mass is 10.0. The van der Waals surface area contributed by atoms with Gasteiger partial charge in [-0.1, -0.05) is 0 Å². The lowest BCUT2D eigenvalue weighted by Crippen LogP contribution is -2.50. The van der Waals surface area contributed by atoms with Crippen molar-refractivity contribution in [3.63, 3.8) is 0 Å². The summed E-state index contributed by atoms with van der Waals surface area (Å²) in [5.41, 5.74) is 0. The van der Waals surface area contributed by atoms with Gasteiger partial charge in [-0.15, -0.1) is 0 Å². The molecule has 0 spiro atoms. The first-order valence-corrected chi connectivity index (χ1v) is 8.10. The maximum absolute atomic E-state index is 6.13. The first kappa shape index (κ1) is 14.0. The number of hydrogen-bond donors (Lipinski definition) is 0. The van der Waals surface area contributed by atoms with Gasteiger partial charge in [0.25, 0.3) is 0 Å². The number of aromatic nitrogens is 4. The van der Waals surface area contributed by atoms with Gasteiger partial charge in [0.1, 0.15) is 5.82 Å². The van der Waals surface area contributed by atoms with Gasteiger partial charge >= 0.3 is 0 Å². The Labute approximate surface area is 130 Å². The maximum atomic E-state index is 6.13. The molecule has 118 valence electrons. The molecule has 6 heteroatoms. The van der Waals surface area contributed by atoms with E-state index < -0.39 is 0 Å². The minimum atomic E-state index is 0.332. The summed E-state index contributed by atoms with van der Waals surface area (Å²) in [6.45, 7) is 3.71. The first-order chi connectivity index (χ1) is 10.8. The van der Waals surface area contributed by atoms with Gasteiger partial charge in [0, 0.05) is 56.9 Å². The molecule has 3 heterocycles. The molecular formula is C16H23N5O. The van der Waals surface area contributed by atoms with Crippen molar-refractivity contribution in [2.45, 2.75) is 38.1 Å². The minimum absolute atomic E-state index is 0.332. The second kappa shape index (κ2) is 5.85. The van der Waals surface area contributed by atoms with E-state index >= 15 is 0 Å². The summed E-state index contributed by atoms with van der Waals surface area (Å²) in [4.78, 5) is 7.03. The molecule has 0 bridgehead atoms. The molecule has 4 rings (SSSR count). The van der Waals surface area contributed by atoms with Gasteiger partial charge in [-0.2, -0.15) is 5.10 Å². The van der Waals surface area contributed by atoms with E-state index in [0.717, 1.165) is 32.1 Å². The highest BCUT2D eigenvalue weighted by Gasteiger charge is 2.42. The number of nitrogens with zero attached hydrogens (tertiary/aromatic N) is 5. The third-order valence-electron chi connectivity index (χ3n) is 5.08. The third-order valence-corrected chi connectivity index (χ3v) is 5.08. The average Bonchev–Trinajstić information content (AvgIpc) is 3.24. The van der Waals surface area contributed by atoms with Crippen LogP contribution in [-0.4, -0.2) is 49.5 Å². The van der Waals surface area contributed by atoms with Gasteiger partial charge in [-0.3, -0.25) is 9.58 Å². The Morgan fingerprint density at radius 1 is 1.27 bits per heavy atom. The zero-order valence-electron chi connectivity index (χ0n) is 13.0. The zero-order chi connectivity index (χ0) is 14.9. The smallest absolute Gasteiger partial charge is 0.122 e. The van der Waals surface area contributed by atoms with Crippen LogP contribution in [0.1, 0.15) is 18.7 Å². The predicted molar refractivity (Wildman–Crippen MR) is 82.1 cm³/mol. The molecule has 0 N–H and O–H groups in total. The van der Waals surface area contributed by atoms with Crippen LogP contribution in [0.15, 0.2) is 30.9 Å². The van der Waals surface area contributed by atoms with E-state index in [2.05, 4.69) is 26.6 Å². The van der Waals surface area contributed by atoms with Gasteiger partial charge in [-0.05, 0) is 18.9 Å². The highest BCUT2D eigenvalue weighted by Crippen LogP contribution is 2.36. The molecule has 0 aromatic carbocycles. The van der Waals surface area contributed by atoms with E-state index in [9.17, 15) is 0 Å². The Hall–Kier alpha value is -1.66. The van der Waals surface area contributed by atoms with Crippen LogP contribution < -0.4 is 0 Å². The molecule has 1 saturated carbocycles. The summed E-state index contributed by atoms with van der Waals surface area (Å²) in [7, 11) is 2.06. The van der Waals surface area contributed by atoms with Gasteiger partial charge < -0.3 is 9.30 Å². The highest BCUT2D eigenvalue weighted by molar-refractivity contribution is 4.98. The highest BCUT2D eigenvalue weighted by atomic mass is 16.5. The Morgan fingerprint density at radius 3 is 3.00 bits per heavy atom. The summed E-state index contributed by atoms with van der Waals surface area (Å²) in [5, 5.41) is 4.34. The minimum Gasteiger partial charge on any atom is -0.375 e. The van der Waals surface area contributed by atoms with Crippen molar-refractivity contribution in [1.29, 1.82) is 0 Å². The number of aryl methyl sites for hydroxylation is 1. The van der Waals surface area contributed by atoms with Crippen molar-refractivity contribution in [2.24, 2.45) is 13.0 Å². The van der Waals surface area contributed by atoms with Gasteiger partial charge in [-0.25, -0.2) is 4.98 Å². The third kappa shape index (κ3) is 2.57. The Kier molecular flexibility index (Phi) is 3.72. The van der Waals surface area contributed by atoms with Gasteiger partial charge in [0.05, 0.1) is 19.3 Å². The molecule has 2 aliphatic rings. The molecule has 0 radical (unpaired) electrons. The average molecular weight is 301 g/mol. The van der Waals surface area contributed by atoms with Crippen LogP contribution in [0.2, 0.25) is 0 Å². The van der Waals surface area contributed by atoms with Crippen LogP contribution in [0.5, 0.6) is 0 Å². The molecular weight excluding hydrogens is 278 g/mol. The van der Waals surface area contributed by atoms with Crippen molar-refractivity contribution in [3.05, 3.63) is 36.7 Å². The SMILES string of the molecule is Cn1ccnc1CN1CCO[C@@H]2[C@H](Cn3cccn3)CC[C@@H]21. The van der Waals surface area contributed by atoms with E-state index in [1.54, 1.807) is 0 Å². The second-order valence-electron chi connectivity index (χ2n) is 6.39. The zero-order valence-corrected chi connectivity index (χ0v) is 13.0. The molecule has 2 fully saturated rings. The summed E-state index contributed by atoms with van der Waals surface area (Å²) in [5.74, 6) is 1.70. The molecule has 2 aromatic rings. The second-order valence-corrected chi connectivity index (χ2v) is 6.39. The van der Waals surface area contributed by atoms with Crippen LogP contribution in [0.4, 0.5) is 0 Å². The molecule has 1 saturated heterocycles. The first-order valence-electron chi connectivity index (χ1n) is 8.10. The number of fused-ring (bicyclic) bond motifs is 1. The largest absolute Gasteiger partial charge is 0.375 e. The van der Waals surface area contributed by atoms with Crippen LogP contribution >= 0.6 is 0 Å². The summed E-state index contributed by atoms with van der Waals surface area (Å²) >= 11 is 0. The molecule has 2 aromatic heterocycles. The van der Waals surface area contributed by atoms with E-state index in [0.29, 0.717) is 18.1 Å². The molecule has 3 atom stereocenters. The van der Waals surface area contributed by atoms with Crippen molar-refractivity contribution in [3.8, 4) is 0 Å². The number of imidazole rings is 1. The lowest BCUT2D eigenvalue weighted by Gasteiger charge is -2.39. The summed E-state index contributed by atoms with van der Waals surface area (Å²) in [6.07, 6.45) is 10.5. The Morgan fingerprint density at radius 2 is 2.23 bits per heavy atom. The van der Waals surface area contributed by atoms with Crippen molar-refractivity contribution >= 4 is 0 Å². The Bertz CT molecular complexity index is 608. The normalized spacial score (nSPS) is 28.9. The predicted octanol–water partition coefficient (Wildman–Crippen LogP) is 1.30. The monoisotopic (exact) mass is 301 g/mol. The molecule has 1 aliphatic heterocycles. The standard InChI is InChI=1S/C16H23N5O/c1-19-8-6-17-15(19)12-20-9-10-22-16-13(3-4-14(16)20)11-21-7-2-5-18-21/h2,5-8,13-14,16H,3-4,9-12H2,1H3/t13-,14-,16+/m0/s1. The van der Waals surface area contributed by atoms with Crippen molar-refractivity contribution in [2.75, 3.05) is 13.2 Å². The molecule has 0 amide bonds. The quantitative estimate of drug-likeness (QED) is 0.854. The van der Waals surface area contributed by atoms with Crippen molar-refractivity contribution in [1.82, 2.24) is 24.2 Å². The van der Waals surface area contributed by atoms with E-state index in [4.69, 9.17) is 4.74 Å². The van der Waals surface area contributed by atoms with E-state index in [-0.39, 0.29) is 0 Å². The molecule has 0 unspecified atom stereocenters. The number of hydrogen-bond acceptors (Lipinski definition) is 4. The molecule has 6 nitrogen and oxygen atoms in total. The summed E-state index contributed by atoms with van der Waals surface area (Å²) < 4.78 is 10.3.